The van der Waals surface area contributed by atoms with Gasteiger partial charge in [-0.2, -0.15) is 0 Å². The molecule has 1 saturated carbocycles. The lowest BCUT2D eigenvalue weighted by atomic mass is 10.2. The number of halogens is 1. The highest BCUT2D eigenvalue weighted by Crippen LogP contribution is 2.34. The van der Waals surface area contributed by atoms with Crippen LogP contribution in [0.3, 0.4) is 0 Å². The molecule has 0 radical (unpaired) electrons. The number of carbonyl (C=O) groups excluding carboxylic acids is 1. The molecule has 1 aliphatic carbocycles. The zero-order valence-electron chi connectivity index (χ0n) is 11.7. The third-order valence-corrected chi connectivity index (χ3v) is 5.05. The number of hydrogen-bond donors (Lipinski definition) is 0. The number of rotatable bonds is 6. The summed E-state index contributed by atoms with van der Waals surface area (Å²) in [6.07, 6.45) is 2.62. The summed E-state index contributed by atoms with van der Waals surface area (Å²) in [6.45, 7) is 3.35. The molecule has 2 rings (SSSR count). The molecule has 1 aromatic rings. The number of amides is 1. The van der Waals surface area contributed by atoms with Crippen LogP contribution in [0, 0.1) is 5.92 Å². The fourth-order valence-electron chi connectivity index (χ4n) is 2.18. The molecule has 0 saturated heterocycles. The van der Waals surface area contributed by atoms with Crippen molar-refractivity contribution in [3.63, 3.8) is 0 Å². The Morgan fingerprint density at radius 2 is 2.16 bits per heavy atom. The normalized spacial score (nSPS) is 16.7. The van der Waals surface area contributed by atoms with Crippen LogP contribution in [0.2, 0.25) is 4.34 Å². The van der Waals surface area contributed by atoms with Gasteiger partial charge < -0.3 is 4.90 Å². The van der Waals surface area contributed by atoms with Crippen LogP contribution in [0.5, 0.6) is 0 Å². The third kappa shape index (κ3) is 4.20. The van der Waals surface area contributed by atoms with E-state index in [2.05, 4.69) is 11.8 Å². The Labute approximate surface area is 124 Å². The van der Waals surface area contributed by atoms with Crippen LogP contribution in [-0.4, -0.2) is 42.4 Å². The van der Waals surface area contributed by atoms with E-state index in [4.69, 9.17) is 11.6 Å². The molecule has 106 valence electrons. The van der Waals surface area contributed by atoms with Crippen LogP contribution < -0.4 is 0 Å². The largest absolute Gasteiger partial charge is 0.340 e. The predicted molar refractivity (Wildman–Crippen MR) is 80.6 cm³/mol. The second-order valence-electron chi connectivity index (χ2n) is 5.45. The van der Waals surface area contributed by atoms with Crippen LogP contribution >= 0.6 is 22.9 Å². The Morgan fingerprint density at radius 1 is 1.47 bits per heavy atom. The fraction of sp³-hybridized carbons (Fsp3) is 0.643. The first-order valence-electron chi connectivity index (χ1n) is 6.66. The van der Waals surface area contributed by atoms with Crippen molar-refractivity contribution in [2.24, 2.45) is 5.92 Å². The minimum absolute atomic E-state index is 0.166. The Hall–Kier alpha value is -0.580. The Balaban J connectivity index is 1.81. The summed E-state index contributed by atoms with van der Waals surface area (Å²) < 4.78 is 0.773. The molecule has 0 aromatic carbocycles. The molecule has 1 unspecified atom stereocenters. The minimum Gasteiger partial charge on any atom is -0.340 e. The summed E-state index contributed by atoms with van der Waals surface area (Å²) in [7, 11) is 3.89. The van der Waals surface area contributed by atoms with Crippen molar-refractivity contribution < 1.29 is 4.79 Å². The standard InChI is InChI=1S/C14H21ClN2OS/c1-10(11-4-5-11)16(2)9-14(18)17(3)8-12-6-7-13(15)19-12/h6-7,10-11H,4-5,8-9H2,1-3H3. The zero-order chi connectivity index (χ0) is 14.0. The van der Waals surface area contributed by atoms with E-state index in [1.54, 1.807) is 4.90 Å². The predicted octanol–water partition coefficient (Wildman–Crippen LogP) is 3.09. The Morgan fingerprint density at radius 3 is 2.68 bits per heavy atom. The maximum Gasteiger partial charge on any atom is 0.236 e. The van der Waals surface area contributed by atoms with Crippen LogP contribution in [0.4, 0.5) is 0 Å². The van der Waals surface area contributed by atoms with Crippen molar-refractivity contribution in [2.45, 2.75) is 32.4 Å². The molecule has 1 aromatic heterocycles. The zero-order valence-corrected chi connectivity index (χ0v) is 13.3. The molecule has 1 fully saturated rings. The highest BCUT2D eigenvalue weighted by atomic mass is 35.5. The Bertz CT molecular complexity index is 444. The first kappa shape index (κ1) is 14.8. The van der Waals surface area contributed by atoms with E-state index in [9.17, 15) is 4.79 Å². The van der Waals surface area contributed by atoms with E-state index in [0.29, 0.717) is 19.1 Å². The van der Waals surface area contributed by atoms with Gasteiger partial charge in [0.05, 0.1) is 17.4 Å². The lowest BCUT2D eigenvalue weighted by Crippen LogP contribution is -2.40. The van der Waals surface area contributed by atoms with Crippen LogP contribution in [0.15, 0.2) is 12.1 Å². The average Bonchev–Trinajstić information content (AvgIpc) is 3.12. The van der Waals surface area contributed by atoms with E-state index in [0.717, 1.165) is 15.1 Å². The van der Waals surface area contributed by atoms with Crippen LogP contribution in [-0.2, 0) is 11.3 Å². The molecule has 3 nitrogen and oxygen atoms in total. The molecular weight excluding hydrogens is 280 g/mol. The lowest BCUT2D eigenvalue weighted by Gasteiger charge is -2.26. The molecular formula is C14H21ClN2OS. The van der Waals surface area contributed by atoms with Crippen molar-refractivity contribution in [1.29, 1.82) is 0 Å². The van der Waals surface area contributed by atoms with Gasteiger partial charge in [-0.25, -0.2) is 0 Å². The van der Waals surface area contributed by atoms with Gasteiger partial charge >= 0.3 is 0 Å². The smallest absolute Gasteiger partial charge is 0.236 e. The first-order chi connectivity index (χ1) is 8.97. The van der Waals surface area contributed by atoms with Crippen LogP contribution in [0.25, 0.3) is 0 Å². The van der Waals surface area contributed by atoms with Gasteiger partial charge in [0.25, 0.3) is 0 Å². The van der Waals surface area contributed by atoms with Gasteiger partial charge in [0, 0.05) is 18.0 Å². The van der Waals surface area contributed by atoms with Gasteiger partial charge in [-0.1, -0.05) is 11.6 Å². The van der Waals surface area contributed by atoms with Gasteiger partial charge in [-0.3, -0.25) is 9.69 Å². The number of nitrogens with zero attached hydrogens (tertiary/aromatic N) is 2. The highest BCUT2D eigenvalue weighted by Gasteiger charge is 2.31. The van der Waals surface area contributed by atoms with E-state index >= 15 is 0 Å². The van der Waals surface area contributed by atoms with Crippen molar-refractivity contribution >= 4 is 28.8 Å². The molecule has 1 heterocycles. The maximum absolute atomic E-state index is 12.2. The fourth-order valence-corrected chi connectivity index (χ4v) is 3.32. The quantitative estimate of drug-likeness (QED) is 0.806. The number of hydrogen-bond acceptors (Lipinski definition) is 3. The Kier molecular flexibility index (Phi) is 4.87. The molecule has 0 spiro atoms. The van der Waals surface area contributed by atoms with E-state index in [1.165, 1.54) is 24.2 Å². The maximum atomic E-state index is 12.2. The SMILES string of the molecule is CC(C1CC1)N(C)CC(=O)N(C)Cc1ccc(Cl)s1. The minimum atomic E-state index is 0.166. The van der Waals surface area contributed by atoms with Gasteiger partial charge in [0.1, 0.15) is 0 Å². The number of likely N-dealkylation sites (N-methyl/N-ethyl adjacent to an activating group) is 2. The van der Waals surface area contributed by atoms with Gasteiger partial charge in [-0.05, 0) is 44.9 Å². The first-order valence-corrected chi connectivity index (χ1v) is 7.85. The summed E-state index contributed by atoms with van der Waals surface area (Å²) in [5.41, 5.74) is 0. The molecule has 0 bridgehead atoms. The number of thiophene rings is 1. The van der Waals surface area contributed by atoms with Gasteiger partial charge in [0.2, 0.25) is 5.91 Å². The highest BCUT2D eigenvalue weighted by molar-refractivity contribution is 7.16. The molecule has 1 amide bonds. The van der Waals surface area contributed by atoms with Crippen molar-refractivity contribution in [3.8, 4) is 0 Å². The average molecular weight is 301 g/mol. The summed E-state index contributed by atoms with van der Waals surface area (Å²) in [5.74, 6) is 0.957. The van der Waals surface area contributed by atoms with E-state index in [1.807, 2.05) is 26.2 Å². The monoisotopic (exact) mass is 300 g/mol. The van der Waals surface area contributed by atoms with Gasteiger partial charge in [-0.15, -0.1) is 11.3 Å². The summed E-state index contributed by atoms with van der Waals surface area (Å²) in [5, 5.41) is 0. The molecule has 1 atom stereocenters. The van der Waals surface area contributed by atoms with Crippen LogP contribution in [0.1, 0.15) is 24.6 Å². The number of carbonyl (C=O) groups is 1. The summed E-state index contributed by atoms with van der Waals surface area (Å²) in [4.78, 5) is 17.2. The lowest BCUT2D eigenvalue weighted by molar-refractivity contribution is -0.131. The van der Waals surface area contributed by atoms with Crippen molar-refractivity contribution in [2.75, 3.05) is 20.6 Å². The molecule has 1 aliphatic rings. The molecule has 0 aliphatic heterocycles. The molecule has 5 heteroatoms. The summed E-state index contributed by atoms with van der Waals surface area (Å²) in [6, 6.07) is 4.36. The third-order valence-electron chi connectivity index (χ3n) is 3.83. The summed E-state index contributed by atoms with van der Waals surface area (Å²) >= 11 is 7.43. The van der Waals surface area contributed by atoms with Crippen molar-refractivity contribution in [3.05, 3.63) is 21.3 Å². The second-order valence-corrected chi connectivity index (χ2v) is 7.25. The van der Waals surface area contributed by atoms with E-state index < -0.39 is 0 Å². The molecule has 19 heavy (non-hydrogen) atoms. The molecule has 0 N–H and O–H groups in total. The second kappa shape index (κ2) is 6.25. The van der Waals surface area contributed by atoms with E-state index in [-0.39, 0.29) is 5.91 Å². The van der Waals surface area contributed by atoms with Crippen molar-refractivity contribution in [1.82, 2.24) is 9.80 Å². The topological polar surface area (TPSA) is 23.6 Å². The van der Waals surface area contributed by atoms with Gasteiger partial charge in [0.15, 0.2) is 0 Å².